The number of hydrogen-bond donors (Lipinski definition) is 4. The maximum Gasteiger partial charge on any atom is 0.276 e. The lowest BCUT2D eigenvalue weighted by Crippen LogP contribution is -2.50. The van der Waals surface area contributed by atoms with E-state index in [9.17, 15) is 20.1 Å². The Morgan fingerprint density at radius 1 is 1.09 bits per heavy atom. The number of rotatable bonds is 6. The maximum atomic E-state index is 13.8. The second-order valence-corrected chi connectivity index (χ2v) is 12.8. The van der Waals surface area contributed by atoms with E-state index in [1.165, 1.54) is 11.3 Å². The first-order chi connectivity index (χ1) is 20.6. The third kappa shape index (κ3) is 4.77. The van der Waals surface area contributed by atoms with E-state index in [4.69, 9.17) is 0 Å². The van der Waals surface area contributed by atoms with E-state index in [1.54, 1.807) is 29.2 Å². The Balaban J connectivity index is 1.16. The van der Waals surface area contributed by atoms with Gasteiger partial charge in [-0.25, -0.2) is 9.97 Å². The molecule has 224 valence electrons. The van der Waals surface area contributed by atoms with Gasteiger partial charge in [-0.1, -0.05) is 13.8 Å². The van der Waals surface area contributed by atoms with Crippen LogP contribution in [0.15, 0.2) is 54.6 Å². The molecule has 1 saturated heterocycles. The van der Waals surface area contributed by atoms with Gasteiger partial charge in [0.25, 0.3) is 5.91 Å². The normalized spacial score (nSPS) is 21.3. The van der Waals surface area contributed by atoms with Gasteiger partial charge >= 0.3 is 0 Å². The molecule has 3 aliphatic heterocycles. The first kappa shape index (κ1) is 27.6. The summed E-state index contributed by atoms with van der Waals surface area (Å²) in [5, 5.41) is 34.4. The summed E-state index contributed by atoms with van der Waals surface area (Å²) in [6, 6.07) is 7.63. The number of carbonyl (C=O) groups is 1. The first-order valence-electron chi connectivity index (χ1n) is 14.7. The Labute approximate surface area is 250 Å². The highest BCUT2D eigenvalue weighted by Crippen LogP contribution is 2.40. The predicted octanol–water partition coefficient (Wildman–Crippen LogP) is 2.34. The molecule has 4 N–H and O–H groups in total. The number of carbonyl (C=O) groups excluding carboxylic acids is 1. The largest absolute Gasteiger partial charge is 0.392 e. The number of pyridine rings is 2. The molecule has 7 rings (SSSR count). The van der Waals surface area contributed by atoms with Crippen molar-refractivity contribution in [2.24, 2.45) is 5.41 Å². The van der Waals surface area contributed by atoms with Gasteiger partial charge < -0.3 is 35.0 Å². The van der Waals surface area contributed by atoms with Crippen LogP contribution >= 0.6 is 0 Å². The SMILES string of the molecule is CN1C=C(c2ccnc(N3CCn4c(cc5c4CC(C)(C)C5)C3=O)c2CO)C=C(Nc2ccc(N3CC(O)C3)cn2)C1O. The van der Waals surface area contributed by atoms with Gasteiger partial charge in [0.05, 0.1) is 30.3 Å². The van der Waals surface area contributed by atoms with Crippen LogP contribution in [0.3, 0.4) is 0 Å². The molecule has 1 fully saturated rings. The van der Waals surface area contributed by atoms with E-state index in [-0.39, 0.29) is 24.0 Å². The Kier molecular flexibility index (Phi) is 6.57. The highest BCUT2D eigenvalue weighted by molar-refractivity contribution is 6.06. The van der Waals surface area contributed by atoms with E-state index in [1.807, 2.05) is 41.4 Å². The third-order valence-corrected chi connectivity index (χ3v) is 8.95. The zero-order chi connectivity index (χ0) is 30.0. The lowest BCUT2D eigenvalue weighted by Gasteiger charge is -2.37. The molecule has 1 unspecified atom stereocenters. The summed E-state index contributed by atoms with van der Waals surface area (Å²) in [6.45, 7) is 6.55. The number of allylic oxidation sites excluding steroid dienone is 2. The topological polar surface area (TPSA) is 130 Å². The van der Waals surface area contributed by atoms with Gasteiger partial charge in [0.2, 0.25) is 0 Å². The molecule has 0 bridgehead atoms. The van der Waals surface area contributed by atoms with Gasteiger partial charge in [-0.3, -0.25) is 9.69 Å². The predicted molar refractivity (Wildman–Crippen MR) is 163 cm³/mol. The molecule has 6 heterocycles. The summed E-state index contributed by atoms with van der Waals surface area (Å²) in [6.07, 6.45) is 7.74. The van der Waals surface area contributed by atoms with E-state index < -0.39 is 6.23 Å². The van der Waals surface area contributed by atoms with Crippen LogP contribution in [0.5, 0.6) is 0 Å². The van der Waals surface area contributed by atoms with Crippen LogP contribution in [-0.2, 0) is 26.0 Å². The molecule has 3 aromatic heterocycles. The van der Waals surface area contributed by atoms with Crippen molar-refractivity contribution in [3.8, 4) is 0 Å². The van der Waals surface area contributed by atoms with E-state index in [0.717, 1.165) is 29.7 Å². The van der Waals surface area contributed by atoms with Crippen LogP contribution in [0, 0.1) is 5.41 Å². The number of β-amino-alcohol motifs (C(OH)–C–C–N with tert-alkyl or cyclic N) is 1. The fourth-order valence-corrected chi connectivity index (χ4v) is 6.75. The van der Waals surface area contributed by atoms with Crippen molar-refractivity contribution in [3.05, 3.63) is 82.7 Å². The number of aliphatic hydroxyl groups is 3. The minimum absolute atomic E-state index is 0.108. The Morgan fingerprint density at radius 2 is 1.91 bits per heavy atom. The number of amides is 1. The van der Waals surface area contributed by atoms with Crippen molar-refractivity contribution in [1.82, 2.24) is 19.4 Å². The second-order valence-electron chi connectivity index (χ2n) is 12.8. The number of fused-ring (bicyclic) bond motifs is 3. The summed E-state index contributed by atoms with van der Waals surface area (Å²) in [7, 11) is 1.77. The number of nitrogens with zero attached hydrogens (tertiary/aromatic N) is 6. The van der Waals surface area contributed by atoms with E-state index in [2.05, 4.69) is 33.7 Å². The smallest absolute Gasteiger partial charge is 0.276 e. The average Bonchev–Trinajstić information content (AvgIpc) is 3.46. The van der Waals surface area contributed by atoms with Gasteiger partial charge in [-0.05, 0) is 59.7 Å². The molecular formula is C32H37N7O4. The van der Waals surface area contributed by atoms with Crippen LogP contribution in [0.1, 0.15) is 46.7 Å². The highest BCUT2D eigenvalue weighted by Gasteiger charge is 2.37. The van der Waals surface area contributed by atoms with Crippen LogP contribution in [-0.4, -0.2) is 79.7 Å². The quantitative estimate of drug-likeness (QED) is 0.346. The summed E-state index contributed by atoms with van der Waals surface area (Å²) in [5.41, 5.74) is 6.88. The molecule has 1 atom stereocenters. The molecule has 1 amide bonds. The minimum Gasteiger partial charge on any atom is -0.392 e. The summed E-state index contributed by atoms with van der Waals surface area (Å²) < 4.78 is 2.17. The molecule has 0 saturated carbocycles. The van der Waals surface area contributed by atoms with Gasteiger partial charge in [-0.2, -0.15) is 0 Å². The molecule has 0 aromatic carbocycles. The fourth-order valence-electron chi connectivity index (χ4n) is 6.75. The van der Waals surface area contributed by atoms with Crippen molar-refractivity contribution in [1.29, 1.82) is 0 Å². The number of nitrogens with one attached hydrogen (secondary N) is 1. The van der Waals surface area contributed by atoms with Gasteiger partial charge in [0, 0.05) is 62.5 Å². The molecule has 0 radical (unpaired) electrons. The summed E-state index contributed by atoms with van der Waals surface area (Å²) in [4.78, 5) is 28.3. The van der Waals surface area contributed by atoms with Gasteiger partial charge in [-0.15, -0.1) is 0 Å². The second kappa shape index (κ2) is 10.2. The van der Waals surface area contributed by atoms with Crippen molar-refractivity contribution >= 4 is 28.8 Å². The van der Waals surface area contributed by atoms with Crippen LogP contribution in [0.4, 0.5) is 17.3 Å². The lowest BCUT2D eigenvalue weighted by molar-refractivity contribution is 0.0878. The Bertz CT molecular complexity index is 1650. The summed E-state index contributed by atoms with van der Waals surface area (Å²) >= 11 is 0. The number of likely N-dealkylation sites (N-methyl/N-ethyl adjacent to an activating group) is 1. The number of aromatic nitrogens is 3. The minimum atomic E-state index is -0.932. The molecule has 43 heavy (non-hydrogen) atoms. The molecule has 0 spiro atoms. The number of hydrogen-bond acceptors (Lipinski definition) is 9. The van der Waals surface area contributed by atoms with Crippen molar-refractivity contribution < 1.29 is 20.1 Å². The zero-order valence-electron chi connectivity index (χ0n) is 24.7. The third-order valence-electron chi connectivity index (χ3n) is 8.95. The number of aliphatic hydroxyl groups excluding tert-OH is 3. The highest BCUT2D eigenvalue weighted by atomic mass is 16.3. The van der Waals surface area contributed by atoms with Crippen molar-refractivity contribution in [3.63, 3.8) is 0 Å². The zero-order valence-corrected chi connectivity index (χ0v) is 24.7. The van der Waals surface area contributed by atoms with E-state index in [0.29, 0.717) is 54.8 Å². The maximum absolute atomic E-state index is 13.8. The van der Waals surface area contributed by atoms with Crippen molar-refractivity contribution in [2.75, 3.05) is 41.8 Å². The molecule has 1 aliphatic carbocycles. The monoisotopic (exact) mass is 583 g/mol. The van der Waals surface area contributed by atoms with Crippen molar-refractivity contribution in [2.45, 2.75) is 52.2 Å². The Hall–Kier alpha value is -4.19. The van der Waals surface area contributed by atoms with Gasteiger partial charge in [0.15, 0.2) is 6.23 Å². The van der Waals surface area contributed by atoms with Gasteiger partial charge in [0.1, 0.15) is 17.3 Å². The Morgan fingerprint density at radius 3 is 2.63 bits per heavy atom. The molecule has 11 heteroatoms. The van der Waals surface area contributed by atoms with Crippen LogP contribution in [0.2, 0.25) is 0 Å². The van der Waals surface area contributed by atoms with E-state index >= 15 is 0 Å². The fraction of sp³-hybridized carbons (Fsp3) is 0.406. The molecule has 4 aliphatic rings. The summed E-state index contributed by atoms with van der Waals surface area (Å²) in [5.74, 6) is 0.909. The first-order valence-corrected chi connectivity index (χ1v) is 14.7. The van der Waals surface area contributed by atoms with Crippen LogP contribution in [0.25, 0.3) is 5.57 Å². The average molecular weight is 584 g/mol. The van der Waals surface area contributed by atoms with Crippen LogP contribution < -0.4 is 15.1 Å². The lowest BCUT2D eigenvalue weighted by atomic mass is 9.90. The number of anilines is 3. The molecular weight excluding hydrogens is 546 g/mol. The molecule has 3 aromatic rings. The standard InChI is InChI=1S/C32H37N7O4/c1-32(2)12-19-11-26-31(43)39(9-8-38(26)27(19)13-32)29-24(18-40)23(6-7-33-29)20-10-25(30(42)36(3)15-20)35-28-5-4-21(14-34-28)37-16-22(41)17-37/h4-7,10-11,14-15,22,30,40-42H,8-9,12-13,16-18H2,1-3H3,(H,34,35). The molecule has 11 nitrogen and oxygen atoms in total.